The van der Waals surface area contributed by atoms with Gasteiger partial charge in [-0.25, -0.2) is 0 Å². The molecule has 2 aromatic rings. The Kier molecular flexibility index (Phi) is 5.96. The number of hydrogen-bond donors (Lipinski definition) is 1. The first-order chi connectivity index (χ1) is 13.1. The van der Waals surface area contributed by atoms with Crippen molar-refractivity contribution in [1.29, 1.82) is 0 Å². The summed E-state index contributed by atoms with van der Waals surface area (Å²) in [6.07, 6.45) is -0.00852. The van der Waals surface area contributed by atoms with Crippen LogP contribution in [0.25, 0.3) is 0 Å². The zero-order chi connectivity index (χ0) is 19.2. The molecule has 3 rings (SSSR count). The van der Waals surface area contributed by atoms with E-state index in [1.807, 2.05) is 50.2 Å². The second-order valence-corrected chi connectivity index (χ2v) is 6.49. The van der Waals surface area contributed by atoms with Gasteiger partial charge >= 0.3 is 0 Å². The van der Waals surface area contributed by atoms with Crippen molar-refractivity contribution in [1.82, 2.24) is 4.90 Å². The first-order valence-corrected chi connectivity index (χ1v) is 9.11. The van der Waals surface area contributed by atoms with Crippen LogP contribution in [0.15, 0.2) is 48.5 Å². The Morgan fingerprint density at radius 1 is 1.11 bits per heavy atom. The molecule has 6 heteroatoms. The molecule has 0 spiro atoms. The summed E-state index contributed by atoms with van der Waals surface area (Å²) in [5.41, 5.74) is 1.72. The number of fused-ring (bicyclic) bond motifs is 1. The molecule has 1 atom stereocenters. The van der Waals surface area contributed by atoms with Gasteiger partial charge in [0.05, 0.1) is 6.54 Å². The summed E-state index contributed by atoms with van der Waals surface area (Å²) in [7, 11) is 0. The van der Waals surface area contributed by atoms with E-state index in [-0.39, 0.29) is 25.0 Å². The van der Waals surface area contributed by atoms with Crippen LogP contribution < -0.4 is 14.8 Å². The molecule has 1 heterocycles. The summed E-state index contributed by atoms with van der Waals surface area (Å²) in [5.74, 6) is 0.693. The Morgan fingerprint density at radius 3 is 2.56 bits per heavy atom. The number of nitrogens with one attached hydrogen (secondary N) is 1. The zero-order valence-corrected chi connectivity index (χ0v) is 15.6. The van der Waals surface area contributed by atoms with Crippen molar-refractivity contribution in [3.63, 3.8) is 0 Å². The van der Waals surface area contributed by atoms with Crippen LogP contribution >= 0.6 is 0 Å². The van der Waals surface area contributed by atoms with Crippen LogP contribution in [-0.4, -0.2) is 42.5 Å². The average molecular weight is 368 g/mol. The van der Waals surface area contributed by atoms with Crippen LogP contribution in [0.3, 0.4) is 0 Å². The molecule has 1 aliphatic rings. The van der Waals surface area contributed by atoms with Crippen molar-refractivity contribution in [3.8, 4) is 11.5 Å². The molecule has 1 N–H and O–H groups in total. The summed E-state index contributed by atoms with van der Waals surface area (Å²) < 4.78 is 11.4. The fraction of sp³-hybridized carbons (Fsp3) is 0.333. The van der Waals surface area contributed by atoms with Gasteiger partial charge in [0.1, 0.15) is 6.61 Å². The number of anilines is 1. The molecule has 0 aliphatic carbocycles. The molecule has 0 aromatic heterocycles. The second-order valence-electron chi connectivity index (χ2n) is 6.49. The summed E-state index contributed by atoms with van der Waals surface area (Å²) >= 11 is 0. The largest absolute Gasteiger partial charge is 0.485 e. The number of benzene rings is 2. The highest BCUT2D eigenvalue weighted by molar-refractivity contribution is 5.95. The summed E-state index contributed by atoms with van der Waals surface area (Å²) in [5, 5.41) is 2.87. The normalized spacial score (nSPS) is 15.1. The van der Waals surface area contributed by atoms with E-state index in [0.29, 0.717) is 18.0 Å². The van der Waals surface area contributed by atoms with Gasteiger partial charge in [0.15, 0.2) is 11.5 Å². The minimum atomic E-state index is -0.752. The Hall–Kier alpha value is -3.02. The number of aryl methyl sites for hydroxylation is 1. The zero-order valence-electron chi connectivity index (χ0n) is 15.6. The van der Waals surface area contributed by atoms with E-state index in [1.165, 1.54) is 4.90 Å². The number of amides is 2. The number of hydrogen-bond acceptors (Lipinski definition) is 4. The van der Waals surface area contributed by atoms with Crippen molar-refractivity contribution in [2.45, 2.75) is 26.4 Å². The summed E-state index contributed by atoms with van der Waals surface area (Å²) in [6, 6.07) is 14.8. The molecule has 6 nitrogen and oxygen atoms in total. The predicted octanol–water partition coefficient (Wildman–Crippen LogP) is 3.01. The molecule has 2 aromatic carbocycles. The van der Waals surface area contributed by atoms with Gasteiger partial charge in [0.2, 0.25) is 12.0 Å². The number of nitrogens with zero attached hydrogens (tertiary/aromatic N) is 1. The molecule has 0 unspecified atom stereocenters. The molecule has 2 amide bonds. The van der Waals surface area contributed by atoms with Gasteiger partial charge in [-0.1, -0.05) is 37.3 Å². The van der Waals surface area contributed by atoms with Crippen LogP contribution in [0, 0.1) is 6.92 Å². The van der Waals surface area contributed by atoms with Crippen molar-refractivity contribution >= 4 is 17.5 Å². The number of carbonyl (C=O) groups excluding carboxylic acids is 2. The van der Waals surface area contributed by atoms with Crippen LogP contribution in [0.2, 0.25) is 0 Å². The van der Waals surface area contributed by atoms with E-state index in [1.54, 1.807) is 12.1 Å². The fourth-order valence-electron chi connectivity index (χ4n) is 2.96. The van der Waals surface area contributed by atoms with Gasteiger partial charge in [-0.05, 0) is 37.1 Å². The van der Waals surface area contributed by atoms with Gasteiger partial charge in [0, 0.05) is 12.2 Å². The highest BCUT2D eigenvalue weighted by Gasteiger charge is 2.31. The molecule has 1 aliphatic heterocycles. The topological polar surface area (TPSA) is 67.9 Å². The number of para-hydroxylation sites is 3. The minimum absolute atomic E-state index is 0.0253. The maximum absolute atomic E-state index is 12.9. The van der Waals surface area contributed by atoms with Gasteiger partial charge in [-0.3, -0.25) is 9.59 Å². The van der Waals surface area contributed by atoms with Crippen molar-refractivity contribution in [2.24, 2.45) is 0 Å². The smallest absolute Gasteiger partial charge is 0.267 e. The first kappa shape index (κ1) is 18.8. The SMILES string of the molecule is CCCN(CC(=O)Nc1ccccc1C)C(=O)[C@H]1COc2ccccc2O1. The Bertz CT molecular complexity index is 821. The third-order valence-electron chi connectivity index (χ3n) is 4.34. The lowest BCUT2D eigenvalue weighted by Crippen LogP contribution is -2.49. The van der Waals surface area contributed by atoms with E-state index in [0.717, 1.165) is 17.7 Å². The predicted molar refractivity (Wildman–Crippen MR) is 103 cm³/mol. The van der Waals surface area contributed by atoms with Crippen LogP contribution in [-0.2, 0) is 9.59 Å². The lowest BCUT2D eigenvalue weighted by molar-refractivity contribution is -0.143. The molecular formula is C21H24N2O4. The molecular weight excluding hydrogens is 344 g/mol. The van der Waals surface area contributed by atoms with E-state index in [9.17, 15) is 9.59 Å². The van der Waals surface area contributed by atoms with Crippen molar-refractivity contribution in [3.05, 3.63) is 54.1 Å². The van der Waals surface area contributed by atoms with Gasteiger partial charge in [0.25, 0.3) is 5.91 Å². The van der Waals surface area contributed by atoms with E-state index in [4.69, 9.17) is 9.47 Å². The first-order valence-electron chi connectivity index (χ1n) is 9.11. The third kappa shape index (κ3) is 4.58. The molecule has 27 heavy (non-hydrogen) atoms. The molecule has 0 saturated carbocycles. The molecule has 0 saturated heterocycles. The van der Waals surface area contributed by atoms with Crippen LogP contribution in [0.4, 0.5) is 5.69 Å². The highest BCUT2D eigenvalue weighted by Crippen LogP contribution is 2.31. The fourth-order valence-corrected chi connectivity index (χ4v) is 2.96. The lowest BCUT2D eigenvalue weighted by Gasteiger charge is -2.30. The molecule has 142 valence electrons. The molecule has 0 bridgehead atoms. The van der Waals surface area contributed by atoms with E-state index in [2.05, 4.69) is 5.32 Å². The maximum atomic E-state index is 12.9. The number of ether oxygens (including phenoxy) is 2. The number of rotatable bonds is 6. The lowest BCUT2D eigenvalue weighted by atomic mass is 10.2. The average Bonchev–Trinajstić information content (AvgIpc) is 2.68. The monoisotopic (exact) mass is 368 g/mol. The van der Waals surface area contributed by atoms with Crippen molar-refractivity contribution in [2.75, 3.05) is 25.0 Å². The number of carbonyl (C=O) groups is 2. The summed E-state index contributed by atoms with van der Waals surface area (Å²) in [6.45, 7) is 4.47. The second kappa shape index (κ2) is 8.58. The van der Waals surface area contributed by atoms with Gasteiger partial charge < -0.3 is 19.7 Å². The summed E-state index contributed by atoms with van der Waals surface area (Å²) in [4.78, 5) is 26.9. The quantitative estimate of drug-likeness (QED) is 0.851. The van der Waals surface area contributed by atoms with Crippen LogP contribution in [0.1, 0.15) is 18.9 Å². The molecule has 0 radical (unpaired) electrons. The molecule has 0 fully saturated rings. The Labute approximate surface area is 159 Å². The van der Waals surface area contributed by atoms with Crippen molar-refractivity contribution < 1.29 is 19.1 Å². The third-order valence-corrected chi connectivity index (χ3v) is 4.34. The minimum Gasteiger partial charge on any atom is -0.485 e. The van der Waals surface area contributed by atoms with Crippen LogP contribution in [0.5, 0.6) is 11.5 Å². The van der Waals surface area contributed by atoms with Gasteiger partial charge in [-0.15, -0.1) is 0 Å². The standard InChI is InChI=1S/C21H24N2O4/c1-3-12-23(13-20(24)22-16-9-5-4-8-15(16)2)21(25)19-14-26-17-10-6-7-11-18(17)27-19/h4-11,19H,3,12-14H2,1-2H3,(H,22,24)/t19-/m1/s1. The Balaban J connectivity index is 1.65. The van der Waals surface area contributed by atoms with E-state index < -0.39 is 6.10 Å². The van der Waals surface area contributed by atoms with E-state index >= 15 is 0 Å². The van der Waals surface area contributed by atoms with Gasteiger partial charge in [-0.2, -0.15) is 0 Å². The maximum Gasteiger partial charge on any atom is 0.267 e. The Morgan fingerprint density at radius 2 is 1.81 bits per heavy atom. The highest BCUT2D eigenvalue weighted by atomic mass is 16.6.